The number of halogens is 4. The number of rotatable bonds is 7. The van der Waals surface area contributed by atoms with Crippen LogP contribution in [-0.2, 0) is 32.5 Å². The summed E-state index contributed by atoms with van der Waals surface area (Å²) < 4.78 is 67.9. The molecule has 1 saturated heterocycles. The Labute approximate surface area is 229 Å². The van der Waals surface area contributed by atoms with Gasteiger partial charge in [-0.3, -0.25) is 24.0 Å². The van der Waals surface area contributed by atoms with E-state index in [9.17, 15) is 36.0 Å². The van der Waals surface area contributed by atoms with Gasteiger partial charge in [0.2, 0.25) is 0 Å². The molecule has 2 heterocycles. The van der Waals surface area contributed by atoms with Gasteiger partial charge in [0, 0.05) is 24.5 Å². The molecular weight excluding hydrogens is 583 g/mol. The quantitative estimate of drug-likeness (QED) is 0.410. The first-order valence-electron chi connectivity index (χ1n) is 11.0. The molecule has 1 aliphatic heterocycles. The number of aromatic nitrogens is 2. The summed E-state index contributed by atoms with van der Waals surface area (Å²) in [5.74, 6) is -1.84. The molecule has 16 heteroatoms. The van der Waals surface area contributed by atoms with Crippen molar-refractivity contribution in [3.63, 3.8) is 0 Å². The van der Waals surface area contributed by atoms with E-state index in [-0.39, 0.29) is 22.0 Å². The second-order valence-corrected chi connectivity index (χ2v) is 11.8. The maximum atomic E-state index is 13.5. The maximum Gasteiger partial charge on any atom is 0.416 e. The van der Waals surface area contributed by atoms with Gasteiger partial charge >= 0.3 is 16.4 Å². The van der Waals surface area contributed by atoms with Gasteiger partial charge in [0.1, 0.15) is 6.54 Å². The van der Waals surface area contributed by atoms with Crippen molar-refractivity contribution >= 4 is 67.6 Å². The SMILES string of the molecule is CN(C)S(=O)(=O)NC(=O)CN1C(=O)SC(=Cc2ccc3c(cnn3Cc3ccc(Cl)cc3C(F)(F)F)c2)C1=O. The van der Waals surface area contributed by atoms with E-state index in [1.165, 1.54) is 43.2 Å². The summed E-state index contributed by atoms with van der Waals surface area (Å²) in [5, 5.41) is 3.97. The predicted molar refractivity (Wildman–Crippen MR) is 139 cm³/mol. The van der Waals surface area contributed by atoms with Gasteiger partial charge in [0.25, 0.3) is 17.1 Å². The summed E-state index contributed by atoms with van der Waals surface area (Å²) in [6, 6.07) is 8.36. The van der Waals surface area contributed by atoms with E-state index < -0.39 is 45.5 Å². The Bertz CT molecular complexity index is 1640. The molecule has 39 heavy (non-hydrogen) atoms. The zero-order valence-electron chi connectivity index (χ0n) is 20.2. The lowest BCUT2D eigenvalue weighted by Gasteiger charge is -2.15. The molecule has 3 aromatic rings. The number of nitrogens with zero attached hydrogens (tertiary/aromatic N) is 4. The monoisotopic (exact) mass is 601 g/mol. The van der Waals surface area contributed by atoms with Gasteiger partial charge in [-0.2, -0.15) is 31.0 Å². The lowest BCUT2D eigenvalue weighted by Crippen LogP contribution is -2.45. The molecule has 206 valence electrons. The predicted octanol–water partition coefficient (Wildman–Crippen LogP) is 3.72. The van der Waals surface area contributed by atoms with Crippen molar-refractivity contribution in [2.24, 2.45) is 0 Å². The van der Waals surface area contributed by atoms with Crippen molar-refractivity contribution in [2.75, 3.05) is 20.6 Å². The number of benzene rings is 2. The summed E-state index contributed by atoms with van der Waals surface area (Å²) in [7, 11) is -1.68. The summed E-state index contributed by atoms with van der Waals surface area (Å²) in [4.78, 5) is 37.7. The lowest BCUT2D eigenvalue weighted by molar-refractivity contribution is -0.138. The van der Waals surface area contributed by atoms with Crippen LogP contribution in [0, 0.1) is 0 Å². The number of hydrogen-bond acceptors (Lipinski definition) is 7. The highest BCUT2D eigenvalue weighted by Crippen LogP contribution is 2.35. The van der Waals surface area contributed by atoms with Crippen molar-refractivity contribution in [1.29, 1.82) is 0 Å². The Balaban J connectivity index is 1.53. The van der Waals surface area contributed by atoms with E-state index in [1.807, 2.05) is 0 Å². The van der Waals surface area contributed by atoms with Crippen LogP contribution < -0.4 is 4.72 Å². The molecule has 0 spiro atoms. The van der Waals surface area contributed by atoms with Crippen LogP contribution in [0.5, 0.6) is 0 Å². The molecule has 0 aliphatic carbocycles. The third-order valence-corrected chi connectivity index (χ3v) is 8.15. The molecule has 1 aromatic heterocycles. The minimum absolute atomic E-state index is 0.00555. The van der Waals surface area contributed by atoms with Crippen molar-refractivity contribution in [3.8, 4) is 0 Å². The van der Waals surface area contributed by atoms with E-state index in [1.54, 1.807) is 22.9 Å². The fourth-order valence-electron chi connectivity index (χ4n) is 3.63. The van der Waals surface area contributed by atoms with Crippen molar-refractivity contribution in [1.82, 2.24) is 23.7 Å². The Morgan fingerprint density at radius 1 is 1.18 bits per heavy atom. The second kappa shape index (κ2) is 10.6. The minimum Gasteiger partial charge on any atom is -0.272 e. The molecule has 0 bridgehead atoms. The molecule has 1 N–H and O–H groups in total. The highest BCUT2D eigenvalue weighted by atomic mass is 35.5. The zero-order chi connectivity index (χ0) is 28.7. The standard InChI is InChI=1S/C23H19ClF3N5O5S2/c1-30(2)39(36,37)29-20(33)12-31-21(34)19(38-22(31)35)8-13-3-6-18-15(7-13)10-28-32(18)11-14-4-5-16(24)9-17(14)23(25,26)27/h3-10H,11-12H2,1-2H3,(H,29,33). The van der Waals surface area contributed by atoms with E-state index >= 15 is 0 Å². The molecule has 0 unspecified atom stereocenters. The molecule has 0 radical (unpaired) electrons. The normalized spacial score (nSPS) is 15.7. The molecule has 0 atom stereocenters. The first-order chi connectivity index (χ1) is 18.2. The van der Waals surface area contributed by atoms with Gasteiger partial charge in [-0.05, 0) is 53.2 Å². The minimum atomic E-state index is -4.60. The number of imide groups is 1. The zero-order valence-corrected chi connectivity index (χ0v) is 22.6. The van der Waals surface area contributed by atoms with Crippen LogP contribution >= 0.6 is 23.4 Å². The Hall–Kier alpha value is -3.40. The van der Waals surface area contributed by atoms with E-state index in [2.05, 4.69) is 5.10 Å². The van der Waals surface area contributed by atoms with E-state index in [0.717, 1.165) is 10.4 Å². The van der Waals surface area contributed by atoms with Crippen LogP contribution in [0.3, 0.4) is 0 Å². The van der Waals surface area contributed by atoms with Gasteiger partial charge in [-0.15, -0.1) is 0 Å². The lowest BCUT2D eigenvalue weighted by atomic mass is 10.1. The fraction of sp³-hybridized carbons (Fsp3) is 0.217. The Kier molecular flexibility index (Phi) is 7.80. The third kappa shape index (κ3) is 6.27. The number of carbonyl (C=O) groups is 3. The number of nitrogens with one attached hydrogen (secondary N) is 1. The van der Waals surface area contributed by atoms with Crippen molar-refractivity contribution in [3.05, 3.63) is 69.2 Å². The largest absolute Gasteiger partial charge is 0.416 e. The number of amides is 3. The topological polar surface area (TPSA) is 122 Å². The maximum absolute atomic E-state index is 13.5. The van der Waals surface area contributed by atoms with Crippen LogP contribution in [0.2, 0.25) is 5.02 Å². The number of fused-ring (bicyclic) bond motifs is 1. The summed E-state index contributed by atoms with van der Waals surface area (Å²) in [5.41, 5.74) is 0.146. The van der Waals surface area contributed by atoms with Gasteiger partial charge in [-0.1, -0.05) is 23.7 Å². The Morgan fingerprint density at radius 3 is 2.56 bits per heavy atom. The molecular formula is C23H19ClF3N5O5S2. The first kappa shape index (κ1) is 28.6. The second-order valence-electron chi connectivity index (χ2n) is 8.50. The number of hydrogen-bond donors (Lipinski definition) is 1. The van der Waals surface area contributed by atoms with Crippen LogP contribution in [0.1, 0.15) is 16.7 Å². The number of thioether (sulfide) groups is 1. The number of carbonyl (C=O) groups excluding carboxylic acids is 3. The summed E-state index contributed by atoms with van der Waals surface area (Å²) >= 11 is 6.33. The number of alkyl halides is 3. The Morgan fingerprint density at radius 2 is 1.90 bits per heavy atom. The molecule has 1 aliphatic rings. The highest BCUT2D eigenvalue weighted by molar-refractivity contribution is 8.18. The molecule has 0 saturated carbocycles. The smallest absolute Gasteiger partial charge is 0.272 e. The van der Waals surface area contributed by atoms with Crippen LogP contribution in [0.15, 0.2) is 47.5 Å². The molecule has 4 rings (SSSR count). The molecule has 10 nitrogen and oxygen atoms in total. The van der Waals surface area contributed by atoms with Gasteiger partial charge in [0.05, 0.1) is 28.7 Å². The molecule has 3 amide bonds. The summed E-state index contributed by atoms with van der Waals surface area (Å²) in [6.07, 6.45) is -1.73. The van der Waals surface area contributed by atoms with Gasteiger partial charge in [-0.25, -0.2) is 4.72 Å². The van der Waals surface area contributed by atoms with Crippen LogP contribution in [0.4, 0.5) is 18.0 Å². The average Bonchev–Trinajstić information content (AvgIpc) is 3.34. The fourth-order valence-corrected chi connectivity index (χ4v) is 5.18. The highest BCUT2D eigenvalue weighted by Gasteiger charge is 2.37. The average molecular weight is 602 g/mol. The molecule has 1 fully saturated rings. The van der Waals surface area contributed by atoms with E-state index in [0.29, 0.717) is 33.1 Å². The van der Waals surface area contributed by atoms with Crippen LogP contribution in [0.25, 0.3) is 17.0 Å². The van der Waals surface area contributed by atoms with Crippen molar-refractivity contribution < 1.29 is 36.0 Å². The van der Waals surface area contributed by atoms with Crippen molar-refractivity contribution in [2.45, 2.75) is 12.7 Å². The first-order valence-corrected chi connectivity index (χ1v) is 13.6. The van der Waals surface area contributed by atoms with Crippen LogP contribution in [-0.4, -0.2) is 65.1 Å². The van der Waals surface area contributed by atoms with E-state index in [4.69, 9.17) is 11.6 Å². The van der Waals surface area contributed by atoms with Gasteiger partial charge < -0.3 is 0 Å². The van der Waals surface area contributed by atoms with Gasteiger partial charge in [0.15, 0.2) is 0 Å². The molecule has 2 aromatic carbocycles. The third-order valence-electron chi connectivity index (χ3n) is 5.56. The summed E-state index contributed by atoms with van der Waals surface area (Å²) in [6.45, 7) is -0.954.